The minimum absolute atomic E-state index is 0.0117. The van der Waals surface area contributed by atoms with Crippen LogP contribution in [0.15, 0.2) is 18.2 Å². The van der Waals surface area contributed by atoms with E-state index in [1.54, 1.807) is 0 Å². The molecule has 0 radical (unpaired) electrons. The van der Waals surface area contributed by atoms with Crippen molar-refractivity contribution in [2.24, 2.45) is 0 Å². The van der Waals surface area contributed by atoms with E-state index >= 15 is 0 Å². The molecular weight excluding hydrogens is 328 g/mol. The van der Waals surface area contributed by atoms with Gasteiger partial charge >= 0.3 is 0 Å². The molecule has 1 aromatic carbocycles. The number of alkyl halides is 1. The first-order chi connectivity index (χ1) is 9.61. The molecular formula is C15H18BrF2NO. The van der Waals surface area contributed by atoms with Gasteiger partial charge in [0.05, 0.1) is 6.42 Å². The monoisotopic (exact) mass is 345 g/mol. The Morgan fingerprint density at radius 1 is 1.25 bits per heavy atom. The van der Waals surface area contributed by atoms with Gasteiger partial charge in [0, 0.05) is 17.9 Å². The lowest BCUT2D eigenvalue weighted by Gasteiger charge is -2.29. The van der Waals surface area contributed by atoms with Crippen molar-refractivity contribution >= 4 is 21.8 Å². The highest BCUT2D eigenvalue weighted by Crippen LogP contribution is 2.20. The molecule has 0 spiro atoms. The summed E-state index contributed by atoms with van der Waals surface area (Å²) in [5, 5.41) is 0.760. The maximum Gasteiger partial charge on any atom is 0.227 e. The number of amides is 1. The Morgan fingerprint density at radius 2 is 2.05 bits per heavy atom. The Labute approximate surface area is 126 Å². The Morgan fingerprint density at radius 3 is 2.75 bits per heavy atom. The number of nitrogens with zero attached hydrogens (tertiary/aromatic N) is 1. The van der Waals surface area contributed by atoms with E-state index in [2.05, 4.69) is 15.9 Å². The Hall–Kier alpha value is -0.970. The average Bonchev–Trinajstić information content (AvgIpc) is 2.68. The van der Waals surface area contributed by atoms with E-state index < -0.39 is 11.6 Å². The van der Waals surface area contributed by atoms with Crippen molar-refractivity contribution in [1.29, 1.82) is 0 Å². The third-order valence-corrected chi connectivity index (χ3v) is 4.46. The summed E-state index contributed by atoms with van der Waals surface area (Å²) in [7, 11) is 0. The summed E-state index contributed by atoms with van der Waals surface area (Å²) in [4.78, 5) is 14.3. The number of carbonyl (C=O) groups is 1. The maximum absolute atomic E-state index is 13.2. The molecule has 1 saturated heterocycles. The fourth-order valence-corrected chi connectivity index (χ4v) is 3.27. The molecule has 1 heterocycles. The fraction of sp³-hybridized carbons (Fsp3) is 0.533. The maximum atomic E-state index is 13.2. The van der Waals surface area contributed by atoms with E-state index in [4.69, 9.17) is 0 Å². The first kappa shape index (κ1) is 15.4. The molecule has 5 heteroatoms. The normalized spacial score (nSPS) is 19.8. The lowest BCUT2D eigenvalue weighted by atomic mass is 10.1. The predicted molar refractivity (Wildman–Crippen MR) is 77.8 cm³/mol. The number of hydrogen-bond acceptors (Lipinski definition) is 1. The van der Waals surface area contributed by atoms with Gasteiger partial charge in [0.15, 0.2) is 11.6 Å². The number of carbonyl (C=O) groups excluding carboxylic acids is 1. The summed E-state index contributed by atoms with van der Waals surface area (Å²) in [6, 6.07) is 3.85. The van der Waals surface area contributed by atoms with E-state index in [9.17, 15) is 13.6 Å². The number of benzene rings is 1. The fourth-order valence-electron chi connectivity index (χ4n) is 2.59. The third-order valence-electron chi connectivity index (χ3n) is 3.71. The molecule has 1 aromatic rings. The third kappa shape index (κ3) is 3.78. The van der Waals surface area contributed by atoms with Crippen molar-refractivity contribution < 1.29 is 13.6 Å². The van der Waals surface area contributed by atoms with Gasteiger partial charge in [0.2, 0.25) is 5.91 Å². The molecule has 0 aromatic heterocycles. The predicted octanol–water partition coefficient (Wildman–Crippen LogP) is 3.67. The Kier molecular flexibility index (Phi) is 5.52. The SMILES string of the molecule is O=C(Cc1ccc(F)c(F)c1)N1CCCCCC1CBr. The van der Waals surface area contributed by atoms with Crippen LogP contribution in [0.5, 0.6) is 0 Å². The molecule has 110 valence electrons. The topological polar surface area (TPSA) is 20.3 Å². The van der Waals surface area contributed by atoms with Crippen LogP contribution in [0, 0.1) is 11.6 Å². The summed E-state index contributed by atoms with van der Waals surface area (Å²) >= 11 is 3.46. The molecule has 20 heavy (non-hydrogen) atoms. The van der Waals surface area contributed by atoms with Crippen molar-refractivity contribution in [3.8, 4) is 0 Å². The zero-order chi connectivity index (χ0) is 14.5. The van der Waals surface area contributed by atoms with E-state index in [1.807, 2.05) is 4.90 Å². The van der Waals surface area contributed by atoms with Crippen molar-refractivity contribution in [2.75, 3.05) is 11.9 Å². The molecule has 2 rings (SSSR count). The molecule has 1 unspecified atom stereocenters. The molecule has 0 bridgehead atoms. The van der Waals surface area contributed by atoms with Gasteiger partial charge in [-0.25, -0.2) is 8.78 Å². The first-order valence-electron chi connectivity index (χ1n) is 6.91. The number of halogens is 3. The number of hydrogen-bond donors (Lipinski definition) is 0. The second-order valence-electron chi connectivity index (χ2n) is 5.17. The molecule has 1 aliphatic heterocycles. The molecule has 0 saturated carbocycles. The van der Waals surface area contributed by atoms with Crippen molar-refractivity contribution in [2.45, 2.75) is 38.1 Å². The Balaban J connectivity index is 2.07. The van der Waals surface area contributed by atoms with Gasteiger partial charge in [-0.3, -0.25) is 4.79 Å². The van der Waals surface area contributed by atoms with Crippen LogP contribution in [-0.2, 0) is 11.2 Å². The van der Waals surface area contributed by atoms with Crippen molar-refractivity contribution in [3.05, 3.63) is 35.4 Å². The molecule has 2 nitrogen and oxygen atoms in total. The molecule has 1 atom stereocenters. The quantitative estimate of drug-likeness (QED) is 0.765. The van der Waals surface area contributed by atoms with Crippen LogP contribution < -0.4 is 0 Å². The second kappa shape index (κ2) is 7.16. The minimum Gasteiger partial charge on any atom is -0.339 e. The zero-order valence-electron chi connectivity index (χ0n) is 11.2. The van der Waals surface area contributed by atoms with Crippen LogP contribution in [0.2, 0.25) is 0 Å². The summed E-state index contributed by atoms with van der Waals surface area (Å²) in [6.45, 7) is 0.749. The molecule has 1 aliphatic rings. The number of likely N-dealkylation sites (tertiary alicyclic amines) is 1. The molecule has 0 aliphatic carbocycles. The van der Waals surface area contributed by atoms with Gasteiger partial charge < -0.3 is 4.90 Å². The van der Waals surface area contributed by atoms with Crippen LogP contribution in [0.4, 0.5) is 8.78 Å². The lowest BCUT2D eigenvalue weighted by Crippen LogP contribution is -2.41. The average molecular weight is 346 g/mol. The van der Waals surface area contributed by atoms with Gasteiger partial charge in [-0.2, -0.15) is 0 Å². The zero-order valence-corrected chi connectivity index (χ0v) is 12.8. The van der Waals surface area contributed by atoms with Crippen LogP contribution in [0.1, 0.15) is 31.2 Å². The van der Waals surface area contributed by atoms with Crippen molar-refractivity contribution in [1.82, 2.24) is 4.90 Å². The molecule has 0 N–H and O–H groups in total. The van der Waals surface area contributed by atoms with Crippen LogP contribution >= 0.6 is 15.9 Å². The largest absolute Gasteiger partial charge is 0.339 e. The summed E-state index contributed by atoms with van der Waals surface area (Å²) in [6.07, 6.45) is 4.40. The summed E-state index contributed by atoms with van der Waals surface area (Å²) in [5.74, 6) is -1.79. The van der Waals surface area contributed by atoms with E-state index in [-0.39, 0.29) is 18.4 Å². The van der Waals surface area contributed by atoms with E-state index in [1.165, 1.54) is 6.07 Å². The summed E-state index contributed by atoms with van der Waals surface area (Å²) < 4.78 is 26.1. The highest BCUT2D eigenvalue weighted by atomic mass is 79.9. The minimum atomic E-state index is -0.900. The highest BCUT2D eigenvalue weighted by molar-refractivity contribution is 9.09. The Bertz CT molecular complexity index is 481. The van der Waals surface area contributed by atoms with E-state index in [0.29, 0.717) is 5.56 Å². The van der Waals surface area contributed by atoms with Crippen LogP contribution in [0.25, 0.3) is 0 Å². The molecule has 1 fully saturated rings. The van der Waals surface area contributed by atoms with Gasteiger partial charge in [0.25, 0.3) is 0 Å². The smallest absolute Gasteiger partial charge is 0.227 e. The van der Waals surface area contributed by atoms with Crippen LogP contribution in [-0.4, -0.2) is 28.7 Å². The first-order valence-corrected chi connectivity index (χ1v) is 8.03. The van der Waals surface area contributed by atoms with Gasteiger partial charge in [-0.1, -0.05) is 34.8 Å². The summed E-state index contributed by atoms with van der Waals surface area (Å²) in [5.41, 5.74) is 0.520. The standard InChI is InChI=1S/C15H18BrF2NO/c16-10-12-4-2-1-3-7-19(12)15(20)9-11-5-6-13(17)14(18)8-11/h5-6,8,12H,1-4,7,9-10H2. The highest BCUT2D eigenvalue weighted by Gasteiger charge is 2.24. The second-order valence-corrected chi connectivity index (χ2v) is 5.82. The van der Waals surface area contributed by atoms with Gasteiger partial charge in [0.1, 0.15) is 0 Å². The van der Waals surface area contributed by atoms with Gasteiger partial charge in [-0.05, 0) is 30.5 Å². The van der Waals surface area contributed by atoms with E-state index in [0.717, 1.165) is 49.7 Å². The van der Waals surface area contributed by atoms with Gasteiger partial charge in [-0.15, -0.1) is 0 Å². The number of rotatable bonds is 3. The lowest BCUT2D eigenvalue weighted by molar-refractivity contribution is -0.132. The van der Waals surface area contributed by atoms with Crippen molar-refractivity contribution in [3.63, 3.8) is 0 Å². The van der Waals surface area contributed by atoms with Crippen LogP contribution in [0.3, 0.4) is 0 Å². The molecule has 1 amide bonds.